The van der Waals surface area contributed by atoms with Gasteiger partial charge in [0.15, 0.2) is 0 Å². The Morgan fingerprint density at radius 3 is 2.33 bits per heavy atom. The van der Waals surface area contributed by atoms with Crippen LogP contribution in [0.15, 0.2) is 72.8 Å². The highest BCUT2D eigenvalue weighted by atomic mass is 32.2. The maximum absolute atomic E-state index is 13.8. The molecule has 1 aliphatic rings. The van der Waals surface area contributed by atoms with Crippen LogP contribution in [0.25, 0.3) is 10.8 Å². The molecule has 1 saturated heterocycles. The van der Waals surface area contributed by atoms with Crippen molar-refractivity contribution in [3.8, 4) is 0 Å². The van der Waals surface area contributed by atoms with Crippen LogP contribution >= 0.6 is 19.4 Å². The number of likely N-dealkylation sites (tertiary alicyclic amines) is 1. The van der Waals surface area contributed by atoms with Crippen LogP contribution < -0.4 is 16.4 Å². The molecule has 1 fully saturated rings. The van der Waals surface area contributed by atoms with E-state index in [1.807, 2.05) is 72.8 Å². The van der Waals surface area contributed by atoms with Gasteiger partial charge in [-0.15, -0.1) is 11.8 Å². The number of benzene rings is 3. The largest absolute Gasteiger partial charge is 0.368 e. The molecular weight excluding hydrogens is 615 g/mol. The first-order valence-corrected chi connectivity index (χ1v) is 17.8. The van der Waals surface area contributed by atoms with E-state index < -0.39 is 54.8 Å². The summed E-state index contributed by atoms with van der Waals surface area (Å²) in [6, 6.07) is 19.9. The molecule has 6 N–H and O–H groups in total. The second-order valence-electron chi connectivity index (χ2n) is 11.2. The average Bonchev–Trinajstić information content (AvgIpc) is 3.02. The third-order valence-corrected chi connectivity index (χ3v) is 10.3. The first-order valence-electron chi connectivity index (χ1n) is 14.8. The van der Waals surface area contributed by atoms with Gasteiger partial charge in [-0.3, -0.25) is 23.7 Å². The summed E-state index contributed by atoms with van der Waals surface area (Å²) in [5, 5.41) is 7.50. The Labute approximate surface area is 266 Å². The normalized spacial score (nSPS) is 16.5. The molecule has 3 aromatic rings. The van der Waals surface area contributed by atoms with Gasteiger partial charge in [-0.1, -0.05) is 72.8 Å². The van der Waals surface area contributed by atoms with Crippen molar-refractivity contribution in [1.82, 2.24) is 15.5 Å². The molecule has 3 atom stereocenters. The monoisotopic (exact) mass is 654 g/mol. The number of thioether (sulfide) groups is 1. The second-order valence-corrected chi connectivity index (χ2v) is 14.3. The molecular formula is C32H39N4O7PS. The molecule has 240 valence electrons. The Kier molecular flexibility index (Phi) is 12.2. The first kappa shape index (κ1) is 34.2. The van der Waals surface area contributed by atoms with Crippen LogP contribution in [0.2, 0.25) is 0 Å². The van der Waals surface area contributed by atoms with Gasteiger partial charge < -0.3 is 31.1 Å². The fourth-order valence-electron chi connectivity index (χ4n) is 5.39. The molecule has 11 nitrogen and oxygen atoms in total. The van der Waals surface area contributed by atoms with Gasteiger partial charge in [0.05, 0.1) is 5.49 Å². The predicted octanol–water partition coefficient (Wildman–Crippen LogP) is 2.72. The van der Waals surface area contributed by atoms with Crippen molar-refractivity contribution in [3.63, 3.8) is 0 Å². The lowest BCUT2D eigenvalue weighted by atomic mass is 9.98. The molecule has 4 rings (SSSR count). The Morgan fingerprint density at radius 2 is 1.62 bits per heavy atom. The van der Waals surface area contributed by atoms with Crippen LogP contribution in [-0.2, 0) is 36.6 Å². The van der Waals surface area contributed by atoms with E-state index in [-0.39, 0.29) is 25.1 Å². The lowest BCUT2D eigenvalue weighted by Crippen LogP contribution is -2.60. The van der Waals surface area contributed by atoms with Gasteiger partial charge in [-0.2, -0.15) is 0 Å². The van der Waals surface area contributed by atoms with E-state index in [0.29, 0.717) is 25.7 Å². The van der Waals surface area contributed by atoms with E-state index in [1.54, 1.807) is 0 Å². The van der Waals surface area contributed by atoms with Gasteiger partial charge in [-0.25, -0.2) is 0 Å². The van der Waals surface area contributed by atoms with Crippen molar-refractivity contribution < 1.29 is 33.5 Å². The number of hydrogen-bond donors (Lipinski definition) is 5. The van der Waals surface area contributed by atoms with Crippen LogP contribution in [0.5, 0.6) is 0 Å². The minimum absolute atomic E-state index is 0.0856. The standard InChI is InChI=1S/C32H39N4O7PS/c33-30(38)26(19-23-13-15-24-10-4-5-11-25(24)18-23)35-31(39)28-12-6-7-17-36(28)32(40)27(20-45-21-44(41,42)43)34-29(37)16-14-22-8-2-1-3-9-22/h1-5,8-11,13,15,18,26-28H,6-7,12,14,16-17,19-21H2,(H2,33,38)(H,34,37)(H,35,39)(H2,41,42,43)/t26-,27-,28-/m0/s1. The molecule has 1 heterocycles. The Balaban J connectivity index is 1.45. The lowest BCUT2D eigenvalue weighted by Gasteiger charge is -2.37. The van der Waals surface area contributed by atoms with E-state index in [9.17, 15) is 33.5 Å². The van der Waals surface area contributed by atoms with Gasteiger partial charge in [0.25, 0.3) is 0 Å². The van der Waals surface area contributed by atoms with Crippen LogP contribution in [0.1, 0.15) is 36.8 Å². The summed E-state index contributed by atoms with van der Waals surface area (Å²) < 4.78 is 11.5. The van der Waals surface area contributed by atoms with Crippen molar-refractivity contribution in [2.24, 2.45) is 5.73 Å². The molecule has 0 unspecified atom stereocenters. The number of carbonyl (C=O) groups is 4. The summed E-state index contributed by atoms with van der Waals surface area (Å²) in [6.07, 6.45) is 2.39. The van der Waals surface area contributed by atoms with E-state index in [4.69, 9.17) is 5.73 Å². The van der Waals surface area contributed by atoms with Crippen LogP contribution in [0, 0.1) is 0 Å². The fourth-order valence-corrected chi connectivity index (χ4v) is 7.23. The zero-order chi connectivity index (χ0) is 32.4. The van der Waals surface area contributed by atoms with Gasteiger partial charge >= 0.3 is 7.60 Å². The number of nitrogens with zero attached hydrogens (tertiary/aromatic N) is 1. The van der Waals surface area contributed by atoms with E-state index in [1.165, 1.54) is 4.90 Å². The summed E-state index contributed by atoms with van der Waals surface area (Å²) in [5.41, 5.74) is 6.93. The molecule has 4 amide bonds. The second kappa shape index (κ2) is 16.0. The van der Waals surface area contributed by atoms with E-state index in [2.05, 4.69) is 10.6 Å². The molecule has 13 heteroatoms. The van der Waals surface area contributed by atoms with Gasteiger partial charge in [-0.05, 0) is 47.6 Å². The number of carbonyl (C=O) groups excluding carboxylic acids is 4. The smallest absolute Gasteiger partial charge is 0.335 e. The van der Waals surface area contributed by atoms with Crippen LogP contribution in [0.4, 0.5) is 0 Å². The summed E-state index contributed by atoms with van der Waals surface area (Å²) in [6.45, 7) is 0.252. The summed E-state index contributed by atoms with van der Waals surface area (Å²) in [4.78, 5) is 72.8. The number of rotatable bonds is 14. The SMILES string of the molecule is NC(=O)[C@H](Cc1ccc2ccccc2c1)NC(=O)[C@@H]1CCCCN1C(=O)[C@H](CSCP(=O)(O)O)NC(=O)CCc1ccccc1. The van der Waals surface area contributed by atoms with Crippen molar-refractivity contribution in [3.05, 3.63) is 83.9 Å². The van der Waals surface area contributed by atoms with E-state index >= 15 is 0 Å². The number of nitrogens with one attached hydrogen (secondary N) is 2. The van der Waals surface area contributed by atoms with Crippen molar-refractivity contribution in [2.45, 2.75) is 56.7 Å². The molecule has 3 aromatic carbocycles. The van der Waals surface area contributed by atoms with Gasteiger partial charge in [0.2, 0.25) is 23.6 Å². The number of amides is 4. The number of nitrogens with two attached hydrogens (primary N) is 1. The first-order chi connectivity index (χ1) is 21.5. The average molecular weight is 655 g/mol. The van der Waals surface area contributed by atoms with Gasteiger partial charge in [0.1, 0.15) is 18.1 Å². The molecule has 0 aliphatic carbocycles. The molecule has 0 spiro atoms. The highest BCUT2D eigenvalue weighted by molar-refractivity contribution is 8.04. The fraction of sp³-hybridized carbons (Fsp3) is 0.375. The van der Waals surface area contributed by atoms with E-state index in [0.717, 1.165) is 33.7 Å². The van der Waals surface area contributed by atoms with Crippen molar-refractivity contribution >= 4 is 53.8 Å². The maximum Gasteiger partial charge on any atom is 0.335 e. The molecule has 0 saturated carbocycles. The molecule has 0 radical (unpaired) electrons. The minimum Gasteiger partial charge on any atom is -0.368 e. The molecule has 45 heavy (non-hydrogen) atoms. The zero-order valence-electron chi connectivity index (χ0n) is 24.8. The number of primary amides is 1. The third kappa shape index (κ3) is 10.4. The zero-order valence-corrected chi connectivity index (χ0v) is 26.6. The maximum atomic E-state index is 13.8. The topological polar surface area (TPSA) is 179 Å². The van der Waals surface area contributed by atoms with Crippen molar-refractivity contribution in [1.29, 1.82) is 0 Å². The van der Waals surface area contributed by atoms with Crippen LogP contribution in [-0.4, -0.2) is 74.2 Å². The molecule has 1 aliphatic heterocycles. The Hall–Kier alpha value is -3.70. The van der Waals surface area contributed by atoms with Crippen LogP contribution in [0.3, 0.4) is 0 Å². The summed E-state index contributed by atoms with van der Waals surface area (Å²) >= 11 is 0.856. The summed E-state index contributed by atoms with van der Waals surface area (Å²) in [5.74, 6) is -2.23. The quantitative estimate of drug-likeness (QED) is 0.165. The number of aryl methyl sites for hydroxylation is 1. The van der Waals surface area contributed by atoms with Gasteiger partial charge in [0, 0.05) is 25.1 Å². The molecule has 0 bridgehead atoms. The predicted molar refractivity (Wildman–Crippen MR) is 174 cm³/mol. The number of piperidine rings is 1. The number of hydrogen-bond acceptors (Lipinski definition) is 6. The molecule has 0 aromatic heterocycles. The lowest BCUT2D eigenvalue weighted by molar-refractivity contribution is -0.145. The summed E-state index contributed by atoms with van der Waals surface area (Å²) in [7, 11) is -4.35. The Morgan fingerprint density at radius 1 is 0.911 bits per heavy atom. The third-order valence-electron chi connectivity index (χ3n) is 7.66. The van der Waals surface area contributed by atoms with Crippen molar-refractivity contribution in [2.75, 3.05) is 17.8 Å². The Bertz CT molecular complexity index is 1550. The highest BCUT2D eigenvalue weighted by Gasteiger charge is 2.37. The minimum atomic E-state index is -4.35. The highest BCUT2D eigenvalue weighted by Crippen LogP contribution is 2.38. The number of fused-ring (bicyclic) bond motifs is 1.